The molecule has 29 heavy (non-hydrogen) atoms. The van der Waals surface area contributed by atoms with E-state index >= 15 is 0 Å². The van der Waals surface area contributed by atoms with E-state index in [0.717, 1.165) is 22.4 Å². The Morgan fingerprint density at radius 1 is 1.14 bits per heavy atom. The van der Waals surface area contributed by atoms with Crippen LogP contribution in [0.3, 0.4) is 0 Å². The van der Waals surface area contributed by atoms with Gasteiger partial charge >= 0.3 is 0 Å². The van der Waals surface area contributed by atoms with Crippen molar-refractivity contribution in [2.75, 3.05) is 6.54 Å². The van der Waals surface area contributed by atoms with Gasteiger partial charge in [0, 0.05) is 17.5 Å². The lowest BCUT2D eigenvalue weighted by atomic mass is 10.1. The Morgan fingerprint density at radius 2 is 1.86 bits per heavy atom. The van der Waals surface area contributed by atoms with Gasteiger partial charge in [0.25, 0.3) is 17.5 Å². The zero-order valence-electron chi connectivity index (χ0n) is 15.2. The van der Waals surface area contributed by atoms with Crippen molar-refractivity contribution in [1.82, 2.24) is 10.2 Å². The molecule has 2 aromatic carbocycles. The third-order valence-corrected chi connectivity index (χ3v) is 4.72. The largest absolute Gasteiger partial charge is 0.459 e. The molecule has 0 spiro atoms. The van der Waals surface area contributed by atoms with Gasteiger partial charge in [-0.25, -0.2) is 0 Å². The van der Waals surface area contributed by atoms with Gasteiger partial charge < -0.3 is 9.73 Å². The Morgan fingerprint density at radius 3 is 2.59 bits per heavy atom. The first kappa shape index (κ1) is 18.4. The molecule has 146 valence electrons. The number of non-ortho nitro benzene ring substituents is 1. The van der Waals surface area contributed by atoms with Crippen molar-refractivity contribution in [2.24, 2.45) is 0 Å². The monoisotopic (exact) mass is 393 g/mol. The minimum absolute atomic E-state index is 0.0405. The third-order valence-electron chi connectivity index (χ3n) is 4.72. The third kappa shape index (κ3) is 3.22. The highest BCUT2D eigenvalue weighted by atomic mass is 16.6. The molecule has 0 fully saturated rings. The number of para-hydroxylation sites is 1. The highest BCUT2D eigenvalue weighted by molar-refractivity contribution is 6.22. The number of nitro benzene ring substituents is 1. The topological polar surface area (TPSA) is 123 Å². The molecule has 3 aromatic rings. The number of nitrogens with one attached hydrogen (secondary N) is 1. The van der Waals surface area contributed by atoms with E-state index in [1.165, 1.54) is 6.07 Å². The second kappa shape index (κ2) is 6.86. The minimum atomic E-state index is -0.736. The molecule has 9 nitrogen and oxygen atoms in total. The molecule has 1 aliphatic heterocycles. The van der Waals surface area contributed by atoms with Crippen LogP contribution in [0.25, 0.3) is 11.0 Å². The minimum Gasteiger partial charge on any atom is -0.459 e. The molecule has 1 atom stereocenters. The van der Waals surface area contributed by atoms with Gasteiger partial charge in [-0.3, -0.25) is 29.4 Å². The number of furan rings is 1. The van der Waals surface area contributed by atoms with Crippen molar-refractivity contribution in [2.45, 2.75) is 13.0 Å². The number of benzene rings is 2. The summed E-state index contributed by atoms with van der Waals surface area (Å²) in [6, 6.07) is 12.2. The van der Waals surface area contributed by atoms with Crippen LogP contribution in [0.2, 0.25) is 0 Å². The lowest BCUT2D eigenvalue weighted by molar-refractivity contribution is -0.384. The summed E-state index contributed by atoms with van der Waals surface area (Å²) in [6.07, 6.45) is 0. The fourth-order valence-corrected chi connectivity index (χ4v) is 3.25. The quantitative estimate of drug-likeness (QED) is 0.404. The first-order valence-corrected chi connectivity index (χ1v) is 8.77. The fourth-order valence-electron chi connectivity index (χ4n) is 3.25. The van der Waals surface area contributed by atoms with Crippen LogP contribution in [0.4, 0.5) is 5.69 Å². The van der Waals surface area contributed by atoms with E-state index in [4.69, 9.17) is 4.42 Å². The van der Waals surface area contributed by atoms with Crippen molar-refractivity contribution in [3.05, 3.63) is 75.5 Å². The Hall–Kier alpha value is -4.01. The molecule has 0 saturated carbocycles. The van der Waals surface area contributed by atoms with E-state index in [9.17, 15) is 24.5 Å². The predicted octanol–water partition coefficient (Wildman–Crippen LogP) is 2.81. The van der Waals surface area contributed by atoms with Crippen LogP contribution in [0.5, 0.6) is 0 Å². The van der Waals surface area contributed by atoms with E-state index in [2.05, 4.69) is 5.32 Å². The number of fused-ring (bicyclic) bond motifs is 2. The first-order chi connectivity index (χ1) is 13.8. The van der Waals surface area contributed by atoms with Crippen molar-refractivity contribution in [1.29, 1.82) is 0 Å². The standard InChI is InChI=1S/C20H15N3O6/c1-11(17-8-12-4-2-3-5-16(12)29-17)21-18(24)10-22-19(25)14-7-6-13(23(27)28)9-15(14)20(22)26/h2-9,11H,10H2,1H3,(H,21,24)/t11-/m0/s1. The number of carbonyl (C=O) groups excluding carboxylic acids is 3. The smallest absolute Gasteiger partial charge is 0.270 e. The zero-order valence-corrected chi connectivity index (χ0v) is 15.2. The second-order valence-corrected chi connectivity index (χ2v) is 6.66. The van der Waals surface area contributed by atoms with Crippen LogP contribution in [-0.2, 0) is 4.79 Å². The van der Waals surface area contributed by atoms with Crippen molar-refractivity contribution < 1.29 is 23.7 Å². The van der Waals surface area contributed by atoms with Gasteiger partial charge in [0.05, 0.1) is 22.1 Å². The second-order valence-electron chi connectivity index (χ2n) is 6.66. The maximum absolute atomic E-state index is 12.5. The average molecular weight is 393 g/mol. The van der Waals surface area contributed by atoms with Gasteiger partial charge in [-0.2, -0.15) is 0 Å². The lowest BCUT2D eigenvalue weighted by Gasteiger charge is -2.16. The fraction of sp³-hybridized carbons (Fsp3) is 0.150. The molecule has 3 amide bonds. The molecule has 1 aromatic heterocycles. The maximum Gasteiger partial charge on any atom is 0.270 e. The summed E-state index contributed by atoms with van der Waals surface area (Å²) in [7, 11) is 0. The molecule has 0 aliphatic carbocycles. The highest BCUT2D eigenvalue weighted by Gasteiger charge is 2.38. The highest BCUT2D eigenvalue weighted by Crippen LogP contribution is 2.27. The van der Waals surface area contributed by atoms with Crippen LogP contribution < -0.4 is 5.32 Å². The average Bonchev–Trinajstić information content (AvgIpc) is 3.23. The van der Waals surface area contributed by atoms with Crippen LogP contribution in [-0.4, -0.2) is 34.1 Å². The Balaban J connectivity index is 1.47. The number of amides is 3. The number of imide groups is 1. The molecule has 9 heteroatoms. The summed E-state index contributed by atoms with van der Waals surface area (Å²) < 4.78 is 5.70. The van der Waals surface area contributed by atoms with Crippen LogP contribution >= 0.6 is 0 Å². The number of nitro groups is 1. The van der Waals surface area contributed by atoms with Crippen LogP contribution in [0.1, 0.15) is 39.4 Å². The number of hydrogen-bond donors (Lipinski definition) is 1. The van der Waals surface area contributed by atoms with Gasteiger partial charge in [0.2, 0.25) is 5.91 Å². The summed E-state index contributed by atoms with van der Waals surface area (Å²) in [5, 5.41) is 14.5. The van der Waals surface area contributed by atoms with E-state index in [1.54, 1.807) is 13.0 Å². The van der Waals surface area contributed by atoms with E-state index in [1.807, 2.05) is 24.3 Å². The van der Waals surface area contributed by atoms with Gasteiger partial charge in [0.15, 0.2) is 0 Å². The van der Waals surface area contributed by atoms with E-state index in [-0.39, 0.29) is 16.8 Å². The Labute approximate surface area is 164 Å². The number of hydrogen-bond acceptors (Lipinski definition) is 6. The van der Waals surface area contributed by atoms with Crippen LogP contribution in [0, 0.1) is 10.1 Å². The summed E-state index contributed by atoms with van der Waals surface area (Å²) in [6.45, 7) is 1.23. The first-order valence-electron chi connectivity index (χ1n) is 8.77. The number of nitrogens with zero attached hydrogens (tertiary/aromatic N) is 2. The normalized spacial score (nSPS) is 14.2. The molecule has 1 aliphatic rings. The molecular weight excluding hydrogens is 378 g/mol. The summed E-state index contributed by atoms with van der Waals surface area (Å²) in [5.41, 5.74) is 0.348. The lowest BCUT2D eigenvalue weighted by Crippen LogP contribution is -2.41. The van der Waals surface area contributed by atoms with Gasteiger partial charge in [0.1, 0.15) is 17.9 Å². The molecule has 0 saturated heterocycles. The number of carbonyl (C=O) groups is 3. The molecule has 0 bridgehead atoms. The molecule has 1 N–H and O–H groups in total. The summed E-state index contributed by atoms with van der Waals surface area (Å²) >= 11 is 0. The summed E-state index contributed by atoms with van der Waals surface area (Å²) in [5.74, 6) is -1.41. The predicted molar refractivity (Wildman–Crippen MR) is 101 cm³/mol. The molecule has 2 heterocycles. The SMILES string of the molecule is C[C@H](NC(=O)CN1C(=O)c2ccc([N+](=O)[O-])cc2C1=O)c1cc2ccccc2o1. The Kier molecular flexibility index (Phi) is 4.34. The molecule has 0 radical (unpaired) electrons. The van der Waals surface area contributed by atoms with Gasteiger partial charge in [-0.15, -0.1) is 0 Å². The molecule has 0 unspecified atom stereocenters. The van der Waals surface area contributed by atoms with Crippen molar-refractivity contribution in [3.8, 4) is 0 Å². The summed E-state index contributed by atoms with van der Waals surface area (Å²) in [4.78, 5) is 48.3. The Bertz CT molecular complexity index is 1150. The number of rotatable bonds is 5. The molecular formula is C20H15N3O6. The van der Waals surface area contributed by atoms with E-state index in [0.29, 0.717) is 11.3 Å². The molecule has 4 rings (SSSR count). The van der Waals surface area contributed by atoms with E-state index < -0.39 is 35.2 Å². The maximum atomic E-state index is 12.5. The van der Waals surface area contributed by atoms with Gasteiger partial charge in [-0.1, -0.05) is 18.2 Å². The zero-order chi connectivity index (χ0) is 20.7. The van der Waals surface area contributed by atoms with Crippen LogP contribution in [0.15, 0.2) is 52.9 Å². The van der Waals surface area contributed by atoms with Gasteiger partial charge in [-0.05, 0) is 25.1 Å². The van der Waals surface area contributed by atoms with Crippen molar-refractivity contribution >= 4 is 34.4 Å². The van der Waals surface area contributed by atoms with Crippen molar-refractivity contribution in [3.63, 3.8) is 0 Å².